The van der Waals surface area contributed by atoms with E-state index in [9.17, 15) is 9.59 Å². The highest BCUT2D eigenvalue weighted by molar-refractivity contribution is 7.09. The van der Waals surface area contributed by atoms with Gasteiger partial charge in [0, 0.05) is 11.3 Å². The molecular formula is C15H23NO4S. The van der Waals surface area contributed by atoms with Gasteiger partial charge in [-0.1, -0.05) is 6.07 Å². The van der Waals surface area contributed by atoms with Crippen LogP contribution in [-0.2, 0) is 20.7 Å². The zero-order valence-electron chi connectivity index (χ0n) is 13.1. The highest BCUT2D eigenvalue weighted by atomic mass is 32.1. The summed E-state index contributed by atoms with van der Waals surface area (Å²) in [4.78, 5) is 24.9. The number of thiophene rings is 1. The normalized spacial score (nSPS) is 12.9. The number of carbonyl (C=O) groups is 2. The number of hydrogen-bond acceptors (Lipinski definition) is 5. The fourth-order valence-corrected chi connectivity index (χ4v) is 2.34. The minimum absolute atomic E-state index is 0.233. The summed E-state index contributed by atoms with van der Waals surface area (Å²) in [6.07, 6.45) is -0.462. The number of ether oxygens (including phenoxy) is 2. The van der Waals surface area contributed by atoms with Crippen LogP contribution in [0.3, 0.4) is 0 Å². The topological polar surface area (TPSA) is 64.6 Å². The highest BCUT2D eigenvalue weighted by Gasteiger charge is 2.26. The molecule has 0 spiro atoms. The number of hydrogen-bond donors (Lipinski definition) is 1. The summed E-state index contributed by atoms with van der Waals surface area (Å²) in [6.45, 7) is 8.86. The van der Waals surface area contributed by atoms with Crippen molar-refractivity contribution < 1.29 is 19.1 Å². The number of carbonyl (C=O) groups excluding carboxylic acids is 2. The van der Waals surface area contributed by atoms with Crippen molar-refractivity contribution in [2.45, 2.75) is 58.8 Å². The summed E-state index contributed by atoms with van der Waals surface area (Å²) in [5.74, 6) is -0.454. The Morgan fingerprint density at radius 2 is 2.00 bits per heavy atom. The van der Waals surface area contributed by atoms with Gasteiger partial charge in [0.2, 0.25) is 0 Å². The maximum atomic E-state index is 12.1. The summed E-state index contributed by atoms with van der Waals surface area (Å²) in [5, 5.41) is 4.51. The molecule has 0 fully saturated rings. The van der Waals surface area contributed by atoms with Crippen molar-refractivity contribution in [1.82, 2.24) is 5.32 Å². The van der Waals surface area contributed by atoms with Crippen LogP contribution in [-0.4, -0.2) is 29.8 Å². The van der Waals surface area contributed by atoms with Gasteiger partial charge in [-0.3, -0.25) is 0 Å². The first-order valence-electron chi connectivity index (χ1n) is 6.90. The minimum atomic E-state index is -0.749. The van der Waals surface area contributed by atoms with Crippen LogP contribution in [0.25, 0.3) is 0 Å². The van der Waals surface area contributed by atoms with Gasteiger partial charge in [0.15, 0.2) is 0 Å². The zero-order chi connectivity index (χ0) is 16.0. The zero-order valence-corrected chi connectivity index (χ0v) is 14.0. The van der Waals surface area contributed by atoms with Gasteiger partial charge in [-0.2, -0.15) is 0 Å². The van der Waals surface area contributed by atoms with Crippen LogP contribution in [0.4, 0.5) is 4.79 Å². The largest absolute Gasteiger partial charge is 0.461 e. The molecule has 0 bridgehead atoms. The molecule has 1 N–H and O–H groups in total. The maximum absolute atomic E-state index is 12.1. The van der Waals surface area contributed by atoms with E-state index in [1.807, 2.05) is 17.5 Å². The highest BCUT2D eigenvalue weighted by Crippen LogP contribution is 2.13. The van der Waals surface area contributed by atoms with E-state index in [1.54, 1.807) is 34.6 Å². The third kappa shape index (κ3) is 7.13. The van der Waals surface area contributed by atoms with Crippen LogP contribution in [0.1, 0.15) is 39.5 Å². The summed E-state index contributed by atoms with van der Waals surface area (Å²) in [5.41, 5.74) is -0.612. The standard InChI is InChI=1S/C15H23NO4S/c1-10(2)19-13(17)12(9-11-7-6-8-21-11)16-14(18)20-15(3,4)5/h6-8,10,12H,9H2,1-5H3,(H,16,18). The molecule has 0 aliphatic carbocycles. The van der Waals surface area contributed by atoms with E-state index >= 15 is 0 Å². The van der Waals surface area contributed by atoms with E-state index in [0.717, 1.165) is 4.88 Å². The van der Waals surface area contributed by atoms with Crippen LogP contribution in [0.15, 0.2) is 17.5 Å². The van der Waals surface area contributed by atoms with Gasteiger partial charge >= 0.3 is 12.1 Å². The van der Waals surface area contributed by atoms with Crippen LogP contribution in [0, 0.1) is 0 Å². The van der Waals surface area contributed by atoms with E-state index in [4.69, 9.17) is 9.47 Å². The van der Waals surface area contributed by atoms with Crippen molar-refractivity contribution in [3.63, 3.8) is 0 Å². The van der Waals surface area contributed by atoms with Gasteiger partial charge in [0.25, 0.3) is 0 Å². The lowest BCUT2D eigenvalue weighted by Gasteiger charge is -2.23. The number of rotatable bonds is 5. The van der Waals surface area contributed by atoms with Crippen molar-refractivity contribution >= 4 is 23.4 Å². The van der Waals surface area contributed by atoms with Crippen LogP contribution >= 0.6 is 11.3 Å². The molecule has 1 aromatic heterocycles. The molecule has 1 unspecified atom stereocenters. The molecule has 21 heavy (non-hydrogen) atoms. The van der Waals surface area contributed by atoms with Gasteiger partial charge in [0.05, 0.1) is 6.10 Å². The van der Waals surface area contributed by atoms with Crippen molar-refractivity contribution in [2.24, 2.45) is 0 Å². The Bertz CT molecular complexity index is 463. The van der Waals surface area contributed by atoms with Crippen molar-refractivity contribution in [3.05, 3.63) is 22.4 Å². The fourth-order valence-electron chi connectivity index (χ4n) is 1.59. The summed E-state index contributed by atoms with van der Waals surface area (Å²) >= 11 is 1.53. The fraction of sp³-hybridized carbons (Fsp3) is 0.600. The Morgan fingerprint density at radius 3 is 2.48 bits per heavy atom. The Kier molecular flexibility index (Phi) is 6.20. The molecule has 1 atom stereocenters. The van der Waals surface area contributed by atoms with Crippen LogP contribution in [0.5, 0.6) is 0 Å². The van der Waals surface area contributed by atoms with Gasteiger partial charge < -0.3 is 14.8 Å². The molecule has 1 heterocycles. The SMILES string of the molecule is CC(C)OC(=O)C(Cc1cccs1)NC(=O)OC(C)(C)C. The number of nitrogens with one attached hydrogen (secondary N) is 1. The van der Waals surface area contributed by atoms with Gasteiger partial charge in [0.1, 0.15) is 11.6 Å². The second kappa shape index (κ2) is 7.45. The first-order chi connectivity index (χ1) is 9.67. The Labute approximate surface area is 129 Å². The minimum Gasteiger partial charge on any atom is -0.461 e. The molecule has 0 saturated heterocycles. The molecule has 6 heteroatoms. The lowest BCUT2D eigenvalue weighted by atomic mass is 10.2. The van der Waals surface area contributed by atoms with Gasteiger partial charge in [-0.25, -0.2) is 9.59 Å². The molecule has 0 aliphatic rings. The average molecular weight is 313 g/mol. The Morgan fingerprint density at radius 1 is 1.33 bits per heavy atom. The van der Waals surface area contributed by atoms with E-state index < -0.39 is 23.7 Å². The Balaban J connectivity index is 2.71. The van der Waals surface area contributed by atoms with Gasteiger partial charge in [-0.15, -0.1) is 11.3 Å². The summed E-state index contributed by atoms with van der Waals surface area (Å²) in [7, 11) is 0. The third-order valence-corrected chi connectivity index (χ3v) is 3.21. The van der Waals surface area contributed by atoms with Crippen LogP contribution in [0.2, 0.25) is 0 Å². The first-order valence-corrected chi connectivity index (χ1v) is 7.77. The predicted molar refractivity (Wildman–Crippen MR) is 82.4 cm³/mol. The van der Waals surface area contributed by atoms with Crippen molar-refractivity contribution in [3.8, 4) is 0 Å². The van der Waals surface area contributed by atoms with E-state index in [2.05, 4.69) is 5.32 Å². The molecular weight excluding hydrogens is 290 g/mol. The number of amides is 1. The van der Waals surface area contributed by atoms with E-state index in [1.165, 1.54) is 11.3 Å². The number of esters is 1. The molecule has 0 aromatic carbocycles. The second-order valence-electron chi connectivity index (χ2n) is 5.97. The second-order valence-corrected chi connectivity index (χ2v) is 7.00. The third-order valence-electron chi connectivity index (χ3n) is 2.31. The van der Waals surface area contributed by atoms with Crippen molar-refractivity contribution in [1.29, 1.82) is 0 Å². The molecule has 118 valence electrons. The lowest BCUT2D eigenvalue weighted by molar-refractivity contribution is -0.149. The first kappa shape index (κ1) is 17.5. The van der Waals surface area contributed by atoms with E-state index in [-0.39, 0.29) is 6.10 Å². The molecule has 1 aromatic rings. The Hall–Kier alpha value is -1.56. The van der Waals surface area contributed by atoms with Gasteiger partial charge in [-0.05, 0) is 46.1 Å². The molecule has 0 radical (unpaired) electrons. The number of alkyl carbamates (subject to hydrolysis) is 1. The van der Waals surface area contributed by atoms with Crippen molar-refractivity contribution in [2.75, 3.05) is 0 Å². The van der Waals surface area contributed by atoms with E-state index in [0.29, 0.717) is 6.42 Å². The quantitative estimate of drug-likeness (QED) is 0.848. The molecule has 1 amide bonds. The lowest BCUT2D eigenvalue weighted by Crippen LogP contribution is -2.45. The summed E-state index contributed by atoms with van der Waals surface area (Å²) in [6, 6.07) is 3.07. The molecule has 1 rings (SSSR count). The summed E-state index contributed by atoms with van der Waals surface area (Å²) < 4.78 is 10.4. The molecule has 0 aliphatic heterocycles. The van der Waals surface area contributed by atoms with Crippen LogP contribution < -0.4 is 5.32 Å². The molecule has 5 nitrogen and oxygen atoms in total. The smallest absolute Gasteiger partial charge is 0.408 e. The average Bonchev–Trinajstić information content (AvgIpc) is 2.77. The maximum Gasteiger partial charge on any atom is 0.408 e. The monoisotopic (exact) mass is 313 g/mol. The predicted octanol–water partition coefficient (Wildman–Crippen LogP) is 3.14. The molecule has 0 saturated carbocycles.